The standard InChI is InChI=1S/C19H21F3N2O2/c1-3-9-26-16-7-8-17(13(2)10-16)24-18(25)12-23-15-6-4-5-14(11-15)19(20,21)22/h4-8,10-11,23H,3,9,12H2,1-2H3,(H,24,25). The zero-order valence-corrected chi connectivity index (χ0v) is 14.6. The molecule has 1 amide bonds. The Hall–Kier alpha value is -2.70. The van der Waals surface area contributed by atoms with Crippen molar-refractivity contribution in [1.82, 2.24) is 0 Å². The fourth-order valence-corrected chi connectivity index (χ4v) is 2.27. The lowest BCUT2D eigenvalue weighted by atomic mass is 10.2. The highest BCUT2D eigenvalue weighted by atomic mass is 19.4. The fourth-order valence-electron chi connectivity index (χ4n) is 2.27. The second-order valence-electron chi connectivity index (χ2n) is 5.81. The molecule has 4 nitrogen and oxygen atoms in total. The first kappa shape index (κ1) is 19.6. The topological polar surface area (TPSA) is 50.4 Å². The first-order chi connectivity index (χ1) is 12.3. The lowest BCUT2D eigenvalue weighted by Gasteiger charge is -2.13. The zero-order valence-electron chi connectivity index (χ0n) is 14.6. The normalized spacial score (nSPS) is 11.1. The predicted molar refractivity (Wildman–Crippen MR) is 95.5 cm³/mol. The molecule has 0 spiro atoms. The molecule has 0 aliphatic carbocycles. The van der Waals surface area contributed by atoms with Gasteiger partial charge in [-0.2, -0.15) is 13.2 Å². The lowest BCUT2D eigenvalue weighted by Crippen LogP contribution is -2.22. The Labute approximate surface area is 150 Å². The van der Waals surface area contributed by atoms with E-state index in [0.717, 1.165) is 29.9 Å². The van der Waals surface area contributed by atoms with Crippen LogP contribution in [0.1, 0.15) is 24.5 Å². The molecule has 2 N–H and O–H groups in total. The Morgan fingerprint density at radius 2 is 1.92 bits per heavy atom. The van der Waals surface area contributed by atoms with Crippen LogP contribution in [0.2, 0.25) is 0 Å². The number of alkyl halides is 3. The molecule has 0 saturated carbocycles. The van der Waals surface area contributed by atoms with E-state index in [4.69, 9.17) is 4.74 Å². The smallest absolute Gasteiger partial charge is 0.416 e. The molecule has 0 saturated heterocycles. The van der Waals surface area contributed by atoms with Crippen LogP contribution in [0.25, 0.3) is 0 Å². The van der Waals surface area contributed by atoms with Gasteiger partial charge in [-0.25, -0.2) is 0 Å². The first-order valence-corrected chi connectivity index (χ1v) is 8.24. The third-order valence-corrected chi connectivity index (χ3v) is 3.59. The van der Waals surface area contributed by atoms with Gasteiger partial charge in [0.25, 0.3) is 0 Å². The molecule has 7 heteroatoms. The monoisotopic (exact) mass is 366 g/mol. The Kier molecular flexibility index (Phi) is 6.49. The molecule has 2 rings (SSSR count). The van der Waals surface area contributed by atoms with E-state index in [9.17, 15) is 18.0 Å². The molecule has 26 heavy (non-hydrogen) atoms. The van der Waals surface area contributed by atoms with Crippen molar-refractivity contribution in [1.29, 1.82) is 0 Å². The molecule has 0 bridgehead atoms. The summed E-state index contributed by atoms with van der Waals surface area (Å²) in [6.07, 6.45) is -3.52. The van der Waals surface area contributed by atoms with Crippen LogP contribution in [0.4, 0.5) is 24.5 Å². The van der Waals surface area contributed by atoms with Crippen molar-refractivity contribution in [2.24, 2.45) is 0 Å². The van der Waals surface area contributed by atoms with Gasteiger partial charge < -0.3 is 15.4 Å². The molecule has 0 fully saturated rings. The Morgan fingerprint density at radius 1 is 1.15 bits per heavy atom. The molecule has 0 unspecified atom stereocenters. The fraction of sp³-hybridized carbons (Fsp3) is 0.316. The molecule has 0 aliphatic heterocycles. The van der Waals surface area contributed by atoms with Crippen molar-refractivity contribution >= 4 is 17.3 Å². The van der Waals surface area contributed by atoms with Gasteiger partial charge in [0.1, 0.15) is 5.75 Å². The quantitative estimate of drug-likeness (QED) is 0.736. The Bertz CT molecular complexity index is 761. The molecule has 0 atom stereocenters. The summed E-state index contributed by atoms with van der Waals surface area (Å²) < 4.78 is 43.6. The van der Waals surface area contributed by atoms with Crippen molar-refractivity contribution < 1.29 is 22.7 Å². The van der Waals surface area contributed by atoms with Gasteiger partial charge in [0, 0.05) is 11.4 Å². The van der Waals surface area contributed by atoms with E-state index in [0.29, 0.717) is 12.3 Å². The van der Waals surface area contributed by atoms with E-state index < -0.39 is 11.7 Å². The number of ether oxygens (including phenoxy) is 1. The second-order valence-corrected chi connectivity index (χ2v) is 5.81. The van der Waals surface area contributed by atoms with Crippen LogP contribution in [0.3, 0.4) is 0 Å². The molecule has 2 aromatic rings. The summed E-state index contributed by atoms with van der Waals surface area (Å²) >= 11 is 0. The number of halogens is 3. The summed E-state index contributed by atoms with van der Waals surface area (Å²) in [5.74, 6) is 0.372. The highest BCUT2D eigenvalue weighted by Crippen LogP contribution is 2.30. The van der Waals surface area contributed by atoms with E-state index in [-0.39, 0.29) is 18.1 Å². The van der Waals surface area contributed by atoms with E-state index >= 15 is 0 Å². The largest absolute Gasteiger partial charge is 0.494 e. The van der Waals surface area contributed by atoms with Gasteiger partial charge in [-0.15, -0.1) is 0 Å². The number of hydrogen-bond donors (Lipinski definition) is 2. The van der Waals surface area contributed by atoms with Gasteiger partial charge in [-0.1, -0.05) is 13.0 Å². The lowest BCUT2D eigenvalue weighted by molar-refractivity contribution is -0.137. The molecule has 0 radical (unpaired) electrons. The van der Waals surface area contributed by atoms with E-state index in [2.05, 4.69) is 10.6 Å². The minimum atomic E-state index is -4.42. The van der Waals surface area contributed by atoms with Crippen molar-refractivity contribution in [3.8, 4) is 5.75 Å². The molecular weight excluding hydrogens is 345 g/mol. The number of hydrogen-bond acceptors (Lipinski definition) is 3. The van der Waals surface area contributed by atoms with Crippen molar-refractivity contribution in [3.63, 3.8) is 0 Å². The molecule has 2 aromatic carbocycles. The third-order valence-electron chi connectivity index (χ3n) is 3.59. The van der Waals surface area contributed by atoms with Gasteiger partial charge in [-0.05, 0) is 55.3 Å². The van der Waals surface area contributed by atoms with Gasteiger partial charge >= 0.3 is 6.18 Å². The summed E-state index contributed by atoms with van der Waals surface area (Å²) in [6.45, 7) is 4.33. The number of benzene rings is 2. The SMILES string of the molecule is CCCOc1ccc(NC(=O)CNc2cccc(C(F)(F)F)c2)c(C)c1. The van der Waals surface area contributed by atoms with Gasteiger partial charge in [-0.3, -0.25) is 4.79 Å². The summed E-state index contributed by atoms with van der Waals surface area (Å²) in [5.41, 5.74) is 0.937. The average Bonchev–Trinajstić information content (AvgIpc) is 2.60. The Balaban J connectivity index is 1.93. The van der Waals surface area contributed by atoms with Crippen LogP contribution < -0.4 is 15.4 Å². The molecule has 0 aromatic heterocycles. The summed E-state index contributed by atoms with van der Waals surface area (Å²) in [5, 5.41) is 5.43. The maximum atomic E-state index is 12.7. The van der Waals surface area contributed by atoms with Gasteiger partial charge in [0.05, 0.1) is 18.7 Å². The van der Waals surface area contributed by atoms with Crippen molar-refractivity contribution in [2.45, 2.75) is 26.4 Å². The van der Waals surface area contributed by atoms with Crippen molar-refractivity contribution in [3.05, 3.63) is 53.6 Å². The summed E-state index contributed by atoms with van der Waals surface area (Å²) in [6, 6.07) is 10.1. The number of aryl methyl sites for hydroxylation is 1. The van der Waals surface area contributed by atoms with Crippen LogP contribution in [0.5, 0.6) is 5.75 Å². The molecule has 0 heterocycles. The van der Waals surface area contributed by atoms with E-state index in [1.165, 1.54) is 12.1 Å². The number of anilines is 2. The van der Waals surface area contributed by atoms with Crippen LogP contribution in [-0.2, 0) is 11.0 Å². The first-order valence-electron chi connectivity index (χ1n) is 8.24. The average molecular weight is 366 g/mol. The molecular formula is C19H21F3N2O2. The highest BCUT2D eigenvalue weighted by Gasteiger charge is 2.30. The highest BCUT2D eigenvalue weighted by molar-refractivity contribution is 5.94. The van der Waals surface area contributed by atoms with Crippen LogP contribution in [0, 0.1) is 6.92 Å². The Morgan fingerprint density at radius 3 is 2.58 bits per heavy atom. The number of carbonyl (C=O) groups is 1. The maximum Gasteiger partial charge on any atom is 0.416 e. The van der Waals surface area contributed by atoms with Gasteiger partial charge in [0.2, 0.25) is 5.91 Å². The number of carbonyl (C=O) groups excluding carboxylic acids is 1. The number of rotatable bonds is 7. The van der Waals surface area contributed by atoms with Gasteiger partial charge in [0.15, 0.2) is 0 Å². The van der Waals surface area contributed by atoms with E-state index in [1.54, 1.807) is 12.1 Å². The summed E-state index contributed by atoms with van der Waals surface area (Å²) in [7, 11) is 0. The van der Waals surface area contributed by atoms with Crippen LogP contribution in [-0.4, -0.2) is 19.1 Å². The molecule has 140 valence electrons. The third kappa shape index (κ3) is 5.68. The number of nitrogens with one attached hydrogen (secondary N) is 2. The van der Waals surface area contributed by atoms with Crippen LogP contribution in [0.15, 0.2) is 42.5 Å². The minimum Gasteiger partial charge on any atom is -0.494 e. The molecule has 0 aliphatic rings. The second kappa shape index (κ2) is 8.60. The van der Waals surface area contributed by atoms with E-state index in [1.807, 2.05) is 19.9 Å². The zero-order chi connectivity index (χ0) is 19.2. The minimum absolute atomic E-state index is 0.144. The maximum absolute atomic E-state index is 12.7. The predicted octanol–water partition coefficient (Wildman–Crippen LogP) is 4.85. The van der Waals surface area contributed by atoms with Crippen LogP contribution >= 0.6 is 0 Å². The number of amides is 1. The van der Waals surface area contributed by atoms with Crippen molar-refractivity contribution in [2.75, 3.05) is 23.8 Å². The summed E-state index contributed by atoms with van der Waals surface area (Å²) in [4.78, 5) is 12.0.